The Labute approximate surface area is 113 Å². The van der Waals surface area contributed by atoms with Crippen molar-refractivity contribution in [3.8, 4) is 10.4 Å². The van der Waals surface area contributed by atoms with Crippen LogP contribution in [0.1, 0.15) is 30.9 Å². The first-order valence-electron chi connectivity index (χ1n) is 6.65. The van der Waals surface area contributed by atoms with Gasteiger partial charge in [-0.3, -0.25) is 0 Å². The lowest BCUT2D eigenvalue weighted by Crippen LogP contribution is -1.95. The fourth-order valence-corrected chi connectivity index (χ4v) is 3.65. The second kappa shape index (κ2) is 5.11. The van der Waals surface area contributed by atoms with Crippen LogP contribution in [-0.4, -0.2) is 0 Å². The van der Waals surface area contributed by atoms with Crippen LogP contribution in [0, 0.1) is 0 Å². The highest BCUT2D eigenvalue weighted by Crippen LogP contribution is 2.34. The van der Waals surface area contributed by atoms with E-state index in [-0.39, 0.29) is 0 Å². The predicted octanol–water partition coefficient (Wildman–Crippen LogP) is 5.24. The van der Waals surface area contributed by atoms with Gasteiger partial charge in [0.25, 0.3) is 0 Å². The van der Waals surface area contributed by atoms with Gasteiger partial charge in [0, 0.05) is 4.88 Å². The Morgan fingerprint density at radius 3 is 2.78 bits per heavy atom. The molecule has 0 N–H and O–H groups in total. The third-order valence-corrected chi connectivity index (χ3v) is 4.69. The van der Waals surface area contributed by atoms with E-state index in [4.69, 9.17) is 0 Å². The van der Waals surface area contributed by atoms with Crippen LogP contribution in [0.25, 0.3) is 10.4 Å². The van der Waals surface area contributed by atoms with Gasteiger partial charge in [0.1, 0.15) is 0 Å². The van der Waals surface area contributed by atoms with Crippen molar-refractivity contribution in [2.24, 2.45) is 0 Å². The third-order valence-electron chi connectivity index (χ3n) is 3.70. The Hall–Kier alpha value is -1.34. The zero-order chi connectivity index (χ0) is 12.4. The van der Waals surface area contributed by atoms with Gasteiger partial charge < -0.3 is 0 Å². The van der Waals surface area contributed by atoms with Gasteiger partial charge in [0.15, 0.2) is 0 Å². The van der Waals surface area contributed by atoms with Gasteiger partial charge in [-0.2, -0.15) is 0 Å². The van der Waals surface area contributed by atoms with Crippen molar-refractivity contribution in [3.63, 3.8) is 0 Å². The second-order valence-electron chi connectivity index (χ2n) is 5.02. The molecule has 0 saturated carbocycles. The van der Waals surface area contributed by atoms with Crippen molar-refractivity contribution < 1.29 is 0 Å². The molecule has 1 heterocycles. The summed E-state index contributed by atoms with van der Waals surface area (Å²) in [6.45, 7) is 2.26. The van der Waals surface area contributed by atoms with Gasteiger partial charge in [-0.05, 0) is 60.7 Å². The quantitative estimate of drug-likeness (QED) is 0.564. The van der Waals surface area contributed by atoms with Crippen molar-refractivity contribution >= 4 is 11.3 Å². The maximum Gasteiger partial charge on any atom is 0.0377 e. The van der Waals surface area contributed by atoms with Gasteiger partial charge in [0.2, 0.25) is 0 Å². The molecule has 3 rings (SSSR count). The van der Waals surface area contributed by atoms with E-state index in [1.807, 2.05) is 11.3 Å². The molecular weight excluding hydrogens is 236 g/mol. The zero-order valence-electron chi connectivity index (χ0n) is 10.8. The molecule has 1 aromatic carbocycles. The molecular formula is C17H18S. The number of benzene rings is 1. The summed E-state index contributed by atoms with van der Waals surface area (Å²) in [6.07, 6.45) is 7.12. The van der Waals surface area contributed by atoms with E-state index >= 15 is 0 Å². The molecule has 0 nitrogen and oxygen atoms in total. The van der Waals surface area contributed by atoms with E-state index in [1.165, 1.54) is 46.4 Å². The summed E-state index contributed by atoms with van der Waals surface area (Å²) in [7, 11) is 0. The van der Waals surface area contributed by atoms with Crippen LogP contribution in [0.3, 0.4) is 0 Å². The van der Waals surface area contributed by atoms with Crippen LogP contribution < -0.4 is 0 Å². The highest BCUT2D eigenvalue weighted by Gasteiger charge is 2.11. The third kappa shape index (κ3) is 2.28. The first kappa shape index (κ1) is 11.7. The van der Waals surface area contributed by atoms with E-state index in [9.17, 15) is 0 Å². The van der Waals surface area contributed by atoms with Crippen molar-refractivity contribution in [1.29, 1.82) is 0 Å². The summed E-state index contributed by atoms with van der Waals surface area (Å²) in [4.78, 5) is 1.48. The number of hydrogen-bond donors (Lipinski definition) is 0. The molecule has 1 aliphatic carbocycles. The summed E-state index contributed by atoms with van der Waals surface area (Å²) in [5, 5.41) is 2.23. The monoisotopic (exact) mass is 254 g/mol. The molecule has 0 spiro atoms. The molecule has 1 aliphatic rings. The molecule has 92 valence electrons. The van der Waals surface area contributed by atoms with Crippen molar-refractivity contribution in [3.05, 3.63) is 58.5 Å². The van der Waals surface area contributed by atoms with Gasteiger partial charge in [-0.15, -0.1) is 11.3 Å². The van der Waals surface area contributed by atoms with Crippen molar-refractivity contribution in [2.45, 2.75) is 32.6 Å². The Morgan fingerprint density at radius 2 is 1.83 bits per heavy atom. The van der Waals surface area contributed by atoms with Crippen LogP contribution in [0.4, 0.5) is 0 Å². The highest BCUT2D eigenvalue weighted by atomic mass is 32.1. The SMILES string of the molecule is C/C1=C\CCc2ccsc2-c2ccccc2CC1. The summed E-state index contributed by atoms with van der Waals surface area (Å²) in [5.41, 5.74) is 6.00. The molecule has 18 heavy (non-hydrogen) atoms. The number of aryl methyl sites for hydroxylation is 2. The van der Waals surface area contributed by atoms with E-state index in [0.717, 1.165) is 6.42 Å². The van der Waals surface area contributed by atoms with Crippen LogP contribution in [-0.2, 0) is 12.8 Å². The van der Waals surface area contributed by atoms with Crippen molar-refractivity contribution in [1.82, 2.24) is 0 Å². The molecule has 0 aliphatic heterocycles. The smallest absolute Gasteiger partial charge is 0.0377 e. The first-order chi connectivity index (χ1) is 8.84. The normalized spacial score (nSPS) is 18.4. The predicted molar refractivity (Wildman–Crippen MR) is 80.2 cm³/mol. The molecule has 1 heteroatoms. The lowest BCUT2D eigenvalue weighted by atomic mass is 9.94. The lowest BCUT2D eigenvalue weighted by molar-refractivity contribution is 0.906. The Morgan fingerprint density at radius 1 is 0.944 bits per heavy atom. The standard InChI is InChI=1S/C17H18S/c1-13-5-4-7-15-11-12-18-17(15)16-8-3-2-6-14(16)10-9-13/h2-3,5-6,8,11-12H,4,7,9-10H2,1H3/b13-5+. The van der Waals surface area contributed by atoms with E-state index < -0.39 is 0 Å². The topological polar surface area (TPSA) is 0 Å². The molecule has 1 aromatic heterocycles. The summed E-state index contributed by atoms with van der Waals surface area (Å²) >= 11 is 1.89. The molecule has 0 saturated heterocycles. The number of thiophene rings is 1. The van der Waals surface area contributed by atoms with Gasteiger partial charge in [-0.25, -0.2) is 0 Å². The van der Waals surface area contributed by atoms with Crippen LogP contribution >= 0.6 is 11.3 Å². The van der Waals surface area contributed by atoms with Crippen molar-refractivity contribution in [2.75, 3.05) is 0 Å². The second-order valence-corrected chi connectivity index (χ2v) is 5.94. The minimum absolute atomic E-state index is 1.16. The Balaban J connectivity index is 2.11. The average molecular weight is 254 g/mol. The molecule has 0 bridgehead atoms. The molecule has 2 aromatic rings. The number of rotatable bonds is 0. The van der Waals surface area contributed by atoms with E-state index in [0.29, 0.717) is 0 Å². The number of fused-ring (bicyclic) bond motifs is 3. The lowest BCUT2D eigenvalue weighted by Gasteiger charge is -2.12. The largest absolute Gasteiger partial charge is 0.144 e. The fourth-order valence-electron chi connectivity index (χ4n) is 2.64. The van der Waals surface area contributed by atoms with Crippen LogP contribution in [0.2, 0.25) is 0 Å². The Kier molecular flexibility index (Phi) is 3.33. The average Bonchev–Trinajstić information content (AvgIpc) is 2.85. The first-order valence-corrected chi connectivity index (χ1v) is 7.53. The molecule has 0 fully saturated rings. The van der Waals surface area contributed by atoms with Gasteiger partial charge in [-0.1, -0.05) is 35.9 Å². The molecule has 0 unspecified atom stereocenters. The summed E-state index contributed by atoms with van der Waals surface area (Å²) in [5.74, 6) is 0. The summed E-state index contributed by atoms with van der Waals surface area (Å²) in [6, 6.07) is 11.2. The number of hydrogen-bond acceptors (Lipinski definition) is 1. The fraction of sp³-hybridized carbons (Fsp3) is 0.294. The highest BCUT2D eigenvalue weighted by molar-refractivity contribution is 7.13. The van der Waals surface area contributed by atoms with Gasteiger partial charge >= 0.3 is 0 Å². The van der Waals surface area contributed by atoms with E-state index in [2.05, 4.69) is 48.7 Å². The van der Waals surface area contributed by atoms with Crippen LogP contribution in [0.5, 0.6) is 0 Å². The minimum atomic E-state index is 1.16. The Bertz CT molecular complexity index is 575. The van der Waals surface area contributed by atoms with Crippen LogP contribution in [0.15, 0.2) is 47.4 Å². The maximum atomic E-state index is 2.41. The van der Waals surface area contributed by atoms with Gasteiger partial charge in [0.05, 0.1) is 0 Å². The maximum absolute atomic E-state index is 2.41. The minimum Gasteiger partial charge on any atom is -0.144 e. The zero-order valence-corrected chi connectivity index (χ0v) is 11.6. The molecule has 0 radical (unpaired) electrons. The number of allylic oxidation sites excluding steroid dienone is 2. The molecule has 0 amide bonds. The molecule has 0 atom stereocenters. The summed E-state index contributed by atoms with van der Waals surface area (Å²) < 4.78 is 0. The van der Waals surface area contributed by atoms with E-state index in [1.54, 1.807) is 0 Å².